The zero-order chi connectivity index (χ0) is 10.7. The van der Waals surface area contributed by atoms with Crippen molar-refractivity contribution in [3.63, 3.8) is 0 Å². The van der Waals surface area contributed by atoms with Crippen LogP contribution in [0.4, 0.5) is 0 Å². The third-order valence-corrected chi connectivity index (χ3v) is 2.61. The summed E-state index contributed by atoms with van der Waals surface area (Å²) in [6.07, 6.45) is 3.94. The summed E-state index contributed by atoms with van der Waals surface area (Å²) < 4.78 is 12.9. The maximum atomic E-state index is 5.67. The van der Waals surface area contributed by atoms with Gasteiger partial charge in [0.05, 0.1) is 32.1 Å². The van der Waals surface area contributed by atoms with E-state index >= 15 is 0 Å². The lowest BCUT2D eigenvalue weighted by molar-refractivity contribution is -0.101. The van der Waals surface area contributed by atoms with Crippen molar-refractivity contribution in [2.75, 3.05) is 26.9 Å². The van der Waals surface area contributed by atoms with Crippen LogP contribution < -0.4 is 5.32 Å². The van der Waals surface area contributed by atoms with Gasteiger partial charge in [0.25, 0.3) is 0 Å². The fourth-order valence-corrected chi connectivity index (χ4v) is 1.87. The molecule has 2 atom stereocenters. The largest absolute Gasteiger partial charge is 0.376 e. The van der Waals surface area contributed by atoms with Crippen molar-refractivity contribution >= 4 is 0 Å². The van der Waals surface area contributed by atoms with E-state index in [1.54, 1.807) is 4.68 Å². The Morgan fingerprint density at radius 1 is 1.60 bits per heavy atom. The highest BCUT2D eigenvalue weighted by Crippen LogP contribution is 2.20. The standard InChI is InChI=1S/C10H17N3O2/c1-11-10(8-5-12-13(2)6-8)9-7-14-3-4-15-9/h5-6,9-11H,3-4,7H2,1-2H3. The SMILES string of the molecule is CNC(c1cnn(C)c1)C1COCCO1. The van der Waals surface area contributed by atoms with Crippen molar-refractivity contribution in [1.29, 1.82) is 0 Å². The molecule has 1 N–H and O–H groups in total. The van der Waals surface area contributed by atoms with Gasteiger partial charge in [-0.25, -0.2) is 0 Å². The number of ether oxygens (including phenoxy) is 2. The van der Waals surface area contributed by atoms with E-state index in [0.717, 1.165) is 5.56 Å². The van der Waals surface area contributed by atoms with Gasteiger partial charge in [-0.15, -0.1) is 0 Å². The molecule has 0 spiro atoms. The summed E-state index contributed by atoms with van der Waals surface area (Å²) in [6, 6.07) is 0.152. The van der Waals surface area contributed by atoms with Crippen LogP contribution in [0.3, 0.4) is 0 Å². The van der Waals surface area contributed by atoms with E-state index in [4.69, 9.17) is 9.47 Å². The first-order chi connectivity index (χ1) is 7.31. The predicted octanol–water partition coefficient (Wildman–Crippen LogP) is 0.0960. The van der Waals surface area contributed by atoms with Gasteiger partial charge in [0.1, 0.15) is 6.10 Å². The van der Waals surface area contributed by atoms with Gasteiger partial charge >= 0.3 is 0 Å². The molecule has 1 aromatic rings. The quantitative estimate of drug-likeness (QED) is 0.770. The first-order valence-corrected chi connectivity index (χ1v) is 5.16. The van der Waals surface area contributed by atoms with E-state index < -0.39 is 0 Å². The van der Waals surface area contributed by atoms with Crippen LogP contribution >= 0.6 is 0 Å². The highest BCUT2D eigenvalue weighted by atomic mass is 16.6. The molecule has 2 rings (SSSR count). The molecule has 84 valence electrons. The van der Waals surface area contributed by atoms with Gasteiger partial charge in [-0.1, -0.05) is 0 Å². The summed E-state index contributed by atoms with van der Waals surface area (Å²) in [7, 11) is 3.84. The van der Waals surface area contributed by atoms with Crippen molar-refractivity contribution in [1.82, 2.24) is 15.1 Å². The van der Waals surface area contributed by atoms with Crippen LogP contribution in [-0.4, -0.2) is 42.8 Å². The summed E-state index contributed by atoms with van der Waals surface area (Å²) in [5, 5.41) is 7.40. The number of rotatable bonds is 3. The monoisotopic (exact) mass is 211 g/mol. The van der Waals surface area contributed by atoms with Crippen LogP contribution in [0.2, 0.25) is 0 Å². The fourth-order valence-electron chi connectivity index (χ4n) is 1.87. The number of aryl methyl sites for hydroxylation is 1. The molecule has 0 amide bonds. The van der Waals surface area contributed by atoms with Crippen LogP contribution in [-0.2, 0) is 16.5 Å². The summed E-state index contributed by atoms with van der Waals surface area (Å²) in [6.45, 7) is 2.00. The summed E-state index contributed by atoms with van der Waals surface area (Å²) in [5.74, 6) is 0. The lowest BCUT2D eigenvalue weighted by Gasteiger charge is -2.29. The summed E-state index contributed by atoms with van der Waals surface area (Å²) >= 11 is 0. The summed E-state index contributed by atoms with van der Waals surface area (Å²) in [4.78, 5) is 0. The van der Waals surface area contributed by atoms with E-state index in [-0.39, 0.29) is 12.1 Å². The van der Waals surface area contributed by atoms with Crippen molar-refractivity contribution in [2.24, 2.45) is 7.05 Å². The minimum absolute atomic E-state index is 0.0768. The van der Waals surface area contributed by atoms with Gasteiger partial charge in [-0.2, -0.15) is 5.10 Å². The Labute approximate surface area is 89.4 Å². The second kappa shape index (κ2) is 4.74. The normalized spacial score (nSPS) is 24.0. The third-order valence-electron chi connectivity index (χ3n) is 2.61. The predicted molar refractivity (Wildman–Crippen MR) is 55.6 cm³/mol. The van der Waals surface area contributed by atoms with Crippen molar-refractivity contribution in [2.45, 2.75) is 12.1 Å². The molecular weight excluding hydrogens is 194 g/mol. The maximum absolute atomic E-state index is 5.67. The minimum Gasteiger partial charge on any atom is -0.376 e. The van der Waals surface area contributed by atoms with Gasteiger partial charge in [0.2, 0.25) is 0 Å². The lowest BCUT2D eigenvalue weighted by atomic mass is 10.1. The Kier molecular flexibility index (Phi) is 3.35. The molecule has 5 nitrogen and oxygen atoms in total. The zero-order valence-electron chi connectivity index (χ0n) is 9.14. The van der Waals surface area contributed by atoms with Crippen LogP contribution in [0.25, 0.3) is 0 Å². The van der Waals surface area contributed by atoms with E-state index in [0.29, 0.717) is 19.8 Å². The van der Waals surface area contributed by atoms with Crippen molar-refractivity contribution < 1.29 is 9.47 Å². The molecule has 5 heteroatoms. The van der Waals surface area contributed by atoms with E-state index in [1.807, 2.05) is 26.5 Å². The molecule has 1 aliphatic heterocycles. The molecule has 1 saturated heterocycles. The first-order valence-electron chi connectivity index (χ1n) is 5.16. The van der Waals surface area contributed by atoms with Crippen LogP contribution in [0.1, 0.15) is 11.6 Å². The average Bonchev–Trinajstić information content (AvgIpc) is 2.68. The number of nitrogens with one attached hydrogen (secondary N) is 1. The average molecular weight is 211 g/mol. The Morgan fingerprint density at radius 3 is 3.00 bits per heavy atom. The maximum Gasteiger partial charge on any atom is 0.100 e. The molecule has 0 aliphatic carbocycles. The molecule has 1 aliphatic rings. The van der Waals surface area contributed by atoms with Crippen LogP contribution in [0.15, 0.2) is 12.4 Å². The highest BCUT2D eigenvalue weighted by molar-refractivity contribution is 5.12. The molecule has 2 unspecified atom stereocenters. The van der Waals surface area contributed by atoms with Crippen molar-refractivity contribution in [3.8, 4) is 0 Å². The second-order valence-corrected chi connectivity index (χ2v) is 3.70. The number of hydrogen-bond donors (Lipinski definition) is 1. The zero-order valence-corrected chi connectivity index (χ0v) is 9.14. The van der Waals surface area contributed by atoms with Crippen LogP contribution in [0, 0.1) is 0 Å². The third kappa shape index (κ3) is 2.37. The molecule has 15 heavy (non-hydrogen) atoms. The molecule has 0 radical (unpaired) electrons. The van der Waals surface area contributed by atoms with Gasteiger partial charge in [0, 0.05) is 18.8 Å². The number of likely N-dealkylation sites (N-methyl/N-ethyl adjacent to an activating group) is 1. The second-order valence-electron chi connectivity index (χ2n) is 3.70. The Bertz CT molecular complexity index is 307. The molecular formula is C10H17N3O2. The minimum atomic E-state index is 0.0768. The van der Waals surface area contributed by atoms with Gasteiger partial charge in [0.15, 0.2) is 0 Å². The summed E-state index contributed by atoms with van der Waals surface area (Å²) in [5.41, 5.74) is 1.13. The lowest BCUT2D eigenvalue weighted by Crippen LogP contribution is -2.39. The molecule has 2 heterocycles. The van der Waals surface area contributed by atoms with E-state index in [2.05, 4.69) is 10.4 Å². The number of nitrogens with zero attached hydrogens (tertiary/aromatic N) is 2. The number of aromatic nitrogens is 2. The van der Waals surface area contributed by atoms with Gasteiger partial charge < -0.3 is 14.8 Å². The topological polar surface area (TPSA) is 48.3 Å². The Balaban J connectivity index is 2.08. The molecule has 1 fully saturated rings. The highest BCUT2D eigenvalue weighted by Gasteiger charge is 2.26. The smallest absolute Gasteiger partial charge is 0.100 e. The van der Waals surface area contributed by atoms with E-state index in [9.17, 15) is 0 Å². The Morgan fingerprint density at radius 2 is 2.47 bits per heavy atom. The molecule has 0 bridgehead atoms. The van der Waals surface area contributed by atoms with Gasteiger partial charge in [-0.3, -0.25) is 4.68 Å². The van der Waals surface area contributed by atoms with Crippen LogP contribution in [0.5, 0.6) is 0 Å². The molecule has 0 saturated carbocycles. The van der Waals surface area contributed by atoms with E-state index in [1.165, 1.54) is 0 Å². The molecule has 0 aromatic carbocycles. The first kappa shape index (κ1) is 10.6. The van der Waals surface area contributed by atoms with Crippen molar-refractivity contribution in [3.05, 3.63) is 18.0 Å². The Hall–Kier alpha value is -0.910. The molecule has 1 aromatic heterocycles. The van der Waals surface area contributed by atoms with Gasteiger partial charge in [-0.05, 0) is 7.05 Å². The number of hydrogen-bond acceptors (Lipinski definition) is 4. The fraction of sp³-hybridized carbons (Fsp3) is 0.700.